The normalized spacial score (nSPS) is 21.2. The van der Waals surface area contributed by atoms with E-state index in [0.29, 0.717) is 18.4 Å². The highest BCUT2D eigenvalue weighted by molar-refractivity contribution is 5.63. The Balaban J connectivity index is 1.59. The maximum absolute atomic E-state index is 13.0. The van der Waals surface area contributed by atoms with Gasteiger partial charge in [0.25, 0.3) is 0 Å². The zero-order valence-corrected chi connectivity index (χ0v) is 14.2. The topological polar surface area (TPSA) is 9.23 Å². The molecule has 3 rings (SSSR count). The summed E-state index contributed by atoms with van der Waals surface area (Å²) in [6.45, 7) is 0.713. The van der Waals surface area contributed by atoms with Crippen molar-refractivity contribution in [3.63, 3.8) is 0 Å². The van der Waals surface area contributed by atoms with Crippen LogP contribution >= 0.6 is 0 Å². The highest BCUT2D eigenvalue weighted by Crippen LogP contribution is 2.36. The number of ether oxygens (including phenoxy) is 1. The molecule has 0 saturated heterocycles. The number of halogens is 1. The molecule has 1 aliphatic rings. The van der Waals surface area contributed by atoms with Gasteiger partial charge in [0.15, 0.2) is 0 Å². The number of methoxy groups -OCH3 is 1. The standard InChI is InChI=1S/C22H25FO/c1-24-16-2-3-17-4-6-18(7-5-17)19-8-10-20(11-9-19)21-12-14-22(23)15-13-21/h2-3,8-15,17-18H,4-7,16H2,1H3/b3-2+. The molecule has 126 valence electrons. The molecule has 0 atom stereocenters. The number of rotatable bonds is 5. The highest BCUT2D eigenvalue weighted by Gasteiger charge is 2.20. The van der Waals surface area contributed by atoms with Gasteiger partial charge in [-0.05, 0) is 66.3 Å². The molecule has 0 spiro atoms. The van der Waals surface area contributed by atoms with Crippen molar-refractivity contribution in [1.29, 1.82) is 0 Å². The highest BCUT2D eigenvalue weighted by atomic mass is 19.1. The lowest BCUT2D eigenvalue weighted by molar-refractivity contribution is 0.233. The molecule has 2 aromatic carbocycles. The summed E-state index contributed by atoms with van der Waals surface area (Å²) in [4.78, 5) is 0. The van der Waals surface area contributed by atoms with E-state index in [4.69, 9.17) is 4.74 Å². The van der Waals surface area contributed by atoms with Gasteiger partial charge in [-0.2, -0.15) is 0 Å². The van der Waals surface area contributed by atoms with Gasteiger partial charge in [0, 0.05) is 7.11 Å². The summed E-state index contributed by atoms with van der Waals surface area (Å²) >= 11 is 0. The monoisotopic (exact) mass is 324 g/mol. The van der Waals surface area contributed by atoms with E-state index in [1.807, 2.05) is 12.1 Å². The van der Waals surface area contributed by atoms with E-state index >= 15 is 0 Å². The zero-order valence-electron chi connectivity index (χ0n) is 14.2. The Kier molecular flexibility index (Phi) is 5.81. The minimum Gasteiger partial charge on any atom is -0.381 e. The van der Waals surface area contributed by atoms with Crippen LogP contribution in [-0.4, -0.2) is 13.7 Å². The molecule has 1 aliphatic carbocycles. The SMILES string of the molecule is COC/C=C/C1CCC(c2ccc(-c3ccc(F)cc3)cc2)CC1. The van der Waals surface area contributed by atoms with Gasteiger partial charge >= 0.3 is 0 Å². The Morgan fingerprint density at radius 1 is 0.917 bits per heavy atom. The summed E-state index contributed by atoms with van der Waals surface area (Å²) in [5.74, 6) is 1.18. The molecule has 0 bridgehead atoms. The fraction of sp³-hybridized carbons (Fsp3) is 0.364. The van der Waals surface area contributed by atoms with Gasteiger partial charge in [-0.3, -0.25) is 0 Å². The molecule has 2 aromatic rings. The maximum Gasteiger partial charge on any atom is 0.123 e. The first kappa shape index (κ1) is 16.9. The second-order valence-corrected chi connectivity index (χ2v) is 6.62. The minimum absolute atomic E-state index is 0.188. The van der Waals surface area contributed by atoms with Crippen LogP contribution in [0.5, 0.6) is 0 Å². The van der Waals surface area contributed by atoms with Crippen molar-refractivity contribution >= 4 is 0 Å². The molecule has 0 radical (unpaired) electrons. The van der Waals surface area contributed by atoms with Crippen molar-refractivity contribution in [2.24, 2.45) is 5.92 Å². The Bertz CT molecular complexity index is 649. The number of allylic oxidation sites excluding steroid dienone is 1. The van der Waals surface area contributed by atoms with Crippen molar-refractivity contribution in [2.75, 3.05) is 13.7 Å². The van der Waals surface area contributed by atoms with Gasteiger partial charge in [0.1, 0.15) is 5.82 Å². The van der Waals surface area contributed by atoms with Crippen molar-refractivity contribution in [1.82, 2.24) is 0 Å². The quantitative estimate of drug-likeness (QED) is 0.616. The number of benzene rings is 2. The molecular formula is C22H25FO. The van der Waals surface area contributed by atoms with Crippen LogP contribution in [0.1, 0.15) is 37.2 Å². The largest absolute Gasteiger partial charge is 0.381 e. The second-order valence-electron chi connectivity index (χ2n) is 6.62. The van der Waals surface area contributed by atoms with E-state index in [0.717, 1.165) is 11.1 Å². The first-order chi connectivity index (χ1) is 11.8. The third-order valence-corrected chi connectivity index (χ3v) is 5.00. The Hall–Kier alpha value is -1.93. The molecule has 0 heterocycles. The maximum atomic E-state index is 13.0. The van der Waals surface area contributed by atoms with E-state index in [1.165, 1.54) is 43.4 Å². The Labute approximate surface area is 144 Å². The molecular weight excluding hydrogens is 299 g/mol. The number of hydrogen-bond acceptors (Lipinski definition) is 1. The molecule has 0 aromatic heterocycles. The molecule has 1 fully saturated rings. The van der Waals surface area contributed by atoms with Gasteiger partial charge in [-0.25, -0.2) is 4.39 Å². The van der Waals surface area contributed by atoms with Gasteiger partial charge in [-0.15, -0.1) is 0 Å². The van der Waals surface area contributed by atoms with Crippen molar-refractivity contribution < 1.29 is 9.13 Å². The van der Waals surface area contributed by atoms with E-state index in [1.54, 1.807) is 7.11 Å². The summed E-state index contributed by atoms with van der Waals surface area (Å²) in [5, 5.41) is 0. The first-order valence-electron chi connectivity index (χ1n) is 8.78. The van der Waals surface area contributed by atoms with Gasteiger partial charge in [-0.1, -0.05) is 48.6 Å². The summed E-state index contributed by atoms with van der Waals surface area (Å²) in [7, 11) is 1.73. The average Bonchev–Trinajstić information content (AvgIpc) is 2.63. The van der Waals surface area contributed by atoms with E-state index in [-0.39, 0.29) is 5.82 Å². The van der Waals surface area contributed by atoms with E-state index in [9.17, 15) is 4.39 Å². The van der Waals surface area contributed by atoms with Crippen LogP contribution in [0.2, 0.25) is 0 Å². The van der Waals surface area contributed by atoms with Crippen molar-refractivity contribution in [3.05, 3.63) is 72.1 Å². The van der Waals surface area contributed by atoms with Crippen LogP contribution in [0, 0.1) is 11.7 Å². The molecule has 0 amide bonds. The summed E-state index contributed by atoms with van der Waals surface area (Å²) in [6.07, 6.45) is 9.46. The van der Waals surface area contributed by atoms with Crippen LogP contribution in [-0.2, 0) is 4.74 Å². The molecule has 1 nitrogen and oxygen atoms in total. The van der Waals surface area contributed by atoms with Crippen LogP contribution in [0.4, 0.5) is 4.39 Å². The third kappa shape index (κ3) is 4.33. The van der Waals surface area contributed by atoms with Crippen molar-refractivity contribution in [3.8, 4) is 11.1 Å². The molecule has 24 heavy (non-hydrogen) atoms. The van der Waals surface area contributed by atoms with Gasteiger partial charge < -0.3 is 4.74 Å². The molecule has 0 N–H and O–H groups in total. The summed E-state index contributed by atoms with van der Waals surface area (Å²) in [5.41, 5.74) is 3.64. The lowest BCUT2D eigenvalue weighted by Crippen LogP contribution is -2.11. The first-order valence-corrected chi connectivity index (χ1v) is 8.78. The molecule has 2 heteroatoms. The van der Waals surface area contributed by atoms with Gasteiger partial charge in [0.2, 0.25) is 0 Å². The minimum atomic E-state index is -0.188. The summed E-state index contributed by atoms with van der Waals surface area (Å²) in [6, 6.07) is 15.5. The Morgan fingerprint density at radius 3 is 2.08 bits per heavy atom. The fourth-order valence-electron chi connectivity index (χ4n) is 3.58. The van der Waals surface area contributed by atoms with E-state index in [2.05, 4.69) is 36.4 Å². The smallest absolute Gasteiger partial charge is 0.123 e. The predicted molar refractivity (Wildman–Crippen MR) is 97.6 cm³/mol. The second kappa shape index (κ2) is 8.25. The zero-order chi connectivity index (χ0) is 16.8. The lowest BCUT2D eigenvalue weighted by Gasteiger charge is -2.27. The summed E-state index contributed by atoms with van der Waals surface area (Å²) < 4.78 is 18.1. The van der Waals surface area contributed by atoms with Crippen LogP contribution < -0.4 is 0 Å². The van der Waals surface area contributed by atoms with Crippen LogP contribution in [0.15, 0.2) is 60.7 Å². The van der Waals surface area contributed by atoms with Crippen LogP contribution in [0.25, 0.3) is 11.1 Å². The average molecular weight is 324 g/mol. The Morgan fingerprint density at radius 2 is 1.50 bits per heavy atom. The molecule has 0 unspecified atom stereocenters. The molecule has 1 saturated carbocycles. The van der Waals surface area contributed by atoms with E-state index < -0.39 is 0 Å². The fourth-order valence-corrected chi connectivity index (χ4v) is 3.58. The predicted octanol–water partition coefficient (Wildman–Crippen LogP) is 5.97. The lowest BCUT2D eigenvalue weighted by atomic mass is 9.78. The van der Waals surface area contributed by atoms with Crippen molar-refractivity contribution in [2.45, 2.75) is 31.6 Å². The third-order valence-electron chi connectivity index (χ3n) is 5.00. The molecule has 0 aliphatic heterocycles. The number of hydrogen-bond donors (Lipinski definition) is 0. The van der Waals surface area contributed by atoms with Gasteiger partial charge in [0.05, 0.1) is 6.61 Å². The van der Waals surface area contributed by atoms with Crippen LogP contribution in [0.3, 0.4) is 0 Å².